The molecule has 2 rings (SSSR count). The molecule has 0 aliphatic heterocycles. The maximum Gasteiger partial charge on any atom is 0.181 e. The number of aryl methyl sites for hydroxylation is 1. The van der Waals surface area contributed by atoms with E-state index in [9.17, 15) is 0 Å². The molecule has 0 spiro atoms. The summed E-state index contributed by atoms with van der Waals surface area (Å²) in [6.07, 6.45) is 3.17. The molecule has 0 amide bonds. The predicted octanol–water partition coefficient (Wildman–Crippen LogP) is 0.842. The van der Waals surface area contributed by atoms with Gasteiger partial charge in [-0.05, 0) is 6.92 Å². The number of hydrogen-bond acceptors (Lipinski definition) is 4. The summed E-state index contributed by atoms with van der Waals surface area (Å²) in [5.74, 6) is 0.720. The molecule has 2 heterocycles. The van der Waals surface area contributed by atoms with Crippen molar-refractivity contribution >= 4 is 0 Å². The van der Waals surface area contributed by atoms with Crippen LogP contribution in [0.1, 0.15) is 11.4 Å². The second-order valence-electron chi connectivity index (χ2n) is 3.10. The van der Waals surface area contributed by atoms with Crippen molar-refractivity contribution in [3.8, 4) is 11.3 Å². The largest absolute Gasteiger partial charge is 0.443 e. The van der Waals surface area contributed by atoms with E-state index < -0.39 is 0 Å². The van der Waals surface area contributed by atoms with Crippen LogP contribution in [0.5, 0.6) is 0 Å². The molecule has 14 heavy (non-hydrogen) atoms. The van der Waals surface area contributed by atoms with Crippen LogP contribution in [0.2, 0.25) is 0 Å². The van der Waals surface area contributed by atoms with E-state index in [0.29, 0.717) is 6.54 Å². The molecular formula is C9H12N4O. The SMILES string of the molecule is Cc1c(-c2ocnc2CN)cnn1C. The first-order chi connectivity index (χ1) is 6.74. The molecule has 2 N–H and O–H groups in total. The van der Waals surface area contributed by atoms with Gasteiger partial charge in [-0.1, -0.05) is 0 Å². The number of nitrogens with zero attached hydrogens (tertiary/aromatic N) is 3. The van der Waals surface area contributed by atoms with Crippen LogP contribution in [0.25, 0.3) is 11.3 Å². The Labute approximate surface area is 81.5 Å². The lowest BCUT2D eigenvalue weighted by atomic mass is 10.2. The van der Waals surface area contributed by atoms with Gasteiger partial charge in [0.2, 0.25) is 0 Å². The van der Waals surface area contributed by atoms with Gasteiger partial charge in [0, 0.05) is 19.3 Å². The average Bonchev–Trinajstić information content (AvgIpc) is 2.75. The lowest BCUT2D eigenvalue weighted by molar-refractivity contribution is 0.570. The molecule has 0 aliphatic carbocycles. The van der Waals surface area contributed by atoms with Crippen molar-refractivity contribution in [3.05, 3.63) is 24.0 Å². The molecule has 5 nitrogen and oxygen atoms in total. The summed E-state index contributed by atoms with van der Waals surface area (Å²) in [5, 5.41) is 4.14. The number of rotatable bonds is 2. The number of aromatic nitrogens is 3. The van der Waals surface area contributed by atoms with Crippen LogP contribution in [0, 0.1) is 6.92 Å². The van der Waals surface area contributed by atoms with E-state index in [2.05, 4.69) is 10.1 Å². The van der Waals surface area contributed by atoms with E-state index >= 15 is 0 Å². The zero-order valence-electron chi connectivity index (χ0n) is 8.19. The quantitative estimate of drug-likeness (QED) is 0.765. The molecule has 0 unspecified atom stereocenters. The smallest absolute Gasteiger partial charge is 0.181 e. The second kappa shape index (κ2) is 3.26. The lowest BCUT2D eigenvalue weighted by Crippen LogP contribution is -1.98. The lowest BCUT2D eigenvalue weighted by Gasteiger charge is -1.98. The zero-order valence-corrected chi connectivity index (χ0v) is 8.19. The molecule has 0 saturated heterocycles. The predicted molar refractivity (Wildman–Crippen MR) is 51.3 cm³/mol. The first kappa shape index (κ1) is 8.96. The van der Waals surface area contributed by atoms with Gasteiger partial charge in [-0.15, -0.1) is 0 Å². The molecule has 0 atom stereocenters. The Balaban J connectivity index is 2.54. The van der Waals surface area contributed by atoms with Crippen molar-refractivity contribution in [2.24, 2.45) is 12.8 Å². The summed E-state index contributed by atoms with van der Waals surface area (Å²) in [4.78, 5) is 4.03. The fraction of sp³-hybridized carbons (Fsp3) is 0.333. The maximum absolute atomic E-state index is 5.54. The Bertz CT molecular complexity index is 443. The number of nitrogens with two attached hydrogens (primary N) is 1. The zero-order chi connectivity index (χ0) is 10.1. The van der Waals surface area contributed by atoms with Crippen LogP contribution < -0.4 is 5.73 Å². The Morgan fingerprint density at radius 3 is 2.93 bits per heavy atom. The van der Waals surface area contributed by atoms with Gasteiger partial charge >= 0.3 is 0 Å². The van der Waals surface area contributed by atoms with Crippen LogP contribution in [0.15, 0.2) is 17.0 Å². The van der Waals surface area contributed by atoms with E-state index in [1.807, 2.05) is 14.0 Å². The molecule has 2 aromatic heterocycles. The fourth-order valence-electron chi connectivity index (χ4n) is 1.36. The van der Waals surface area contributed by atoms with Crippen molar-refractivity contribution < 1.29 is 4.42 Å². The molecule has 0 radical (unpaired) electrons. The van der Waals surface area contributed by atoms with E-state index in [1.54, 1.807) is 10.9 Å². The van der Waals surface area contributed by atoms with Gasteiger partial charge in [-0.25, -0.2) is 4.98 Å². The Kier molecular flexibility index (Phi) is 2.09. The fourth-order valence-corrected chi connectivity index (χ4v) is 1.36. The average molecular weight is 192 g/mol. The van der Waals surface area contributed by atoms with Crippen LogP contribution in [0.3, 0.4) is 0 Å². The van der Waals surface area contributed by atoms with Crippen LogP contribution in [-0.2, 0) is 13.6 Å². The molecule has 0 saturated carbocycles. The molecule has 0 fully saturated rings. The standard InChI is InChI=1S/C9H12N4O/c1-6-7(4-12-13(6)2)9-8(3-10)11-5-14-9/h4-5H,3,10H2,1-2H3. The van der Waals surface area contributed by atoms with E-state index in [4.69, 9.17) is 10.2 Å². The molecular weight excluding hydrogens is 180 g/mol. The summed E-state index contributed by atoms with van der Waals surface area (Å²) in [6, 6.07) is 0. The highest BCUT2D eigenvalue weighted by Gasteiger charge is 2.14. The van der Waals surface area contributed by atoms with Crippen molar-refractivity contribution in [3.63, 3.8) is 0 Å². The normalized spacial score (nSPS) is 10.8. The number of hydrogen-bond donors (Lipinski definition) is 1. The van der Waals surface area contributed by atoms with Crippen molar-refractivity contribution in [1.82, 2.24) is 14.8 Å². The van der Waals surface area contributed by atoms with E-state index in [1.165, 1.54) is 6.39 Å². The monoisotopic (exact) mass is 192 g/mol. The maximum atomic E-state index is 5.54. The third-order valence-electron chi connectivity index (χ3n) is 2.31. The van der Waals surface area contributed by atoms with Gasteiger partial charge < -0.3 is 10.2 Å². The van der Waals surface area contributed by atoms with Gasteiger partial charge in [0.05, 0.1) is 11.8 Å². The van der Waals surface area contributed by atoms with Crippen molar-refractivity contribution in [2.45, 2.75) is 13.5 Å². The van der Waals surface area contributed by atoms with Gasteiger partial charge in [0.25, 0.3) is 0 Å². The van der Waals surface area contributed by atoms with Crippen LogP contribution >= 0.6 is 0 Å². The topological polar surface area (TPSA) is 69.9 Å². The minimum Gasteiger partial charge on any atom is -0.443 e. The van der Waals surface area contributed by atoms with E-state index in [0.717, 1.165) is 22.7 Å². The van der Waals surface area contributed by atoms with Crippen molar-refractivity contribution in [1.29, 1.82) is 0 Å². The summed E-state index contributed by atoms with van der Waals surface area (Å²) in [7, 11) is 1.89. The first-order valence-electron chi connectivity index (χ1n) is 4.35. The molecule has 0 bridgehead atoms. The Morgan fingerprint density at radius 1 is 1.57 bits per heavy atom. The highest BCUT2D eigenvalue weighted by molar-refractivity contribution is 5.61. The highest BCUT2D eigenvalue weighted by Crippen LogP contribution is 2.25. The van der Waals surface area contributed by atoms with Crippen LogP contribution in [-0.4, -0.2) is 14.8 Å². The molecule has 5 heteroatoms. The van der Waals surface area contributed by atoms with Gasteiger partial charge in [0.15, 0.2) is 12.2 Å². The minimum atomic E-state index is 0.375. The molecule has 2 aromatic rings. The second-order valence-corrected chi connectivity index (χ2v) is 3.10. The van der Waals surface area contributed by atoms with Gasteiger partial charge in [0.1, 0.15) is 5.69 Å². The Morgan fingerprint density at radius 2 is 2.36 bits per heavy atom. The highest BCUT2D eigenvalue weighted by atomic mass is 16.3. The summed E-state index contributed by atoms with van der Waals surface area (Å²) >= 11 is 0. The first-order valence-corrected chi connectivity index (χ1v) is 4.35. The van der Waals surface area contributed by atoms with Crippen molar-refractivity contribution in [2.75, 3.05) is 0 Å². The molecule has 0 aliphatic rings. The number of oxazole rings is 1. The summed E-state index contributed by atoms with van der Waals surface area (Å²) < 4.78 is 7.08. The van der Waals surface area contributed by atoms with Gasteiger partial charge in [-0.2, -0.15) is 5.10 Å². The third kappa shape index (κ3) is 1.22. The minimum absolute atomic E-state index is 0.375. The Hall–Kier alpha value is -1.62. The summed E-state index contributed by atoms with van der Waals surface area (Å²) in [5.41, 5.74) is 8.29. The van der Waals surface area contributed by atoms with Gasteiger partial charge in [-0.3, -0.25) is 4.68 Å². The third-order valence-corrected chi connectivity index (χ3v) is 2.31. The molecule has 0 aromatic carbocycles. The molecule has 74 valence electrons. The summed E-state index contributed by atoms with van der Waals surface area (Å²) in [6.45, 7) is 2.35. The van der Waals surface area contributed by atoms with E-state index in [-0.39, 0.29) is 0 Å². The van der Waals surface area contributed by atoms with Crippen LogP contribution in [0.4, 0.5) is 0 Å².